The van der Waals surface area contributed by atoms with Gasteiger partial charge in [-0.05, 0) is 123 Å². The molecule has 5 aromatic rings. The Morgan fingerprint density at radius 2 is 1.27 bits per heavy atom. The smallest absolute Gasteiger partial charge is 0.410 e. The highest BCUT2D eigenvalue weighted by Gasteiger charge is 2.59. The number of aromatic hydroxyl groups is 3. The number of benzene rings is 5. The molecule has 138 heavy (non-hydrogen) atoms. The van der Waals surface area contributed by atoms with E-state index in [2.05, 4.69) is 60.1 Å². The van der Waals surface area contributed by atoms with Crippen LogP contribution >= 0.6 is 46.0 Å². The molecule has 8 amide bonds. The number of aliphatic hydroxyl groups excluding tert-OH is 6. The number of amides is 8. The lowest BCUT2D eigenvalue weighted by atomic mass is 9.85. The molecule has 762 valence electrons. The van der Waals surface area contributed by atoms with Crippen molar-refractivity contribution in [2.24, 2.45) is 11.7 Å². The summed E-state index contributed by atoms with van der Waals surface area (Å²) in [6.45, 7) is 5.80. The Morgan fingerprint density at radius 3 is 1.86 bits per heavy atom. The second kappa shape index (κ2) is 47.8. The number of esters is 1. The highest BCUT2D eigenvalue weighted by atomic mass is 35.5. The average Bonchev–Trinajstić information content (AvgIpc) is 0.756. The minimum absolute atomic E-state index is 0.146. The molecule has 18 atom stereocenters. The molecule has 29 N–H and O–H groups in total. The maximum atomic E-state index is 16.5. The highest BCUT2D eigenvalue weighted by molar-refractivity contribution is 7.72. The monoisotopic (exact) mass is 2040 g/mol. The van der Waals surface area contributed by atoms with Crippen LogP contribution < -0.4 is 78.4 Å². The highest BCUT2D eigenvalue weighted by Crippen LogP contribution is 2.69. The van der Waals surface area contributed by atoms with Crippen LogP contribution in [0.15, 0.2) is 72.8 Å². The molecule has 0 spiro atoms. The van der Waals surface area contributed by atoms with Crippen molar-refractivity contribution in [2.75, 3.05) is 52.9 Å². The maximum absolute atomic E-state index is 16.5. The van der Waals surface area contributed by atoms with Crippen LogP contribution in [-0.2, 0) is 82.3 Å². The topological polar surface area (TPSA) is 761 Å². The quantitative estimate of drug-likeness (QED) is 0.0115. The third kappa shape index (κ3) is 27.4. The summed E-state index contributed by atoms with van der Waals surface area (Å²) in [5, 5.41) is 142. The summed E-state index contributed by atoms with van der Waals surface area (Å²) in [7, 11) is -15.7. The number of nitrogens with one attached hydrogen (secondary N) is 11. The van der Waals surface area contributed by atoms with E-state index >= 15 is 24.0 Å². The van der Waals surface area contributed by atoms with Crippen LogP contribution in [0.3, 0.4) is 0 Å². The summed E-state index contributed by atoms with van der Waals surface area (Å²) in [6, 6.07) is -4.07. The van der Waals surface area contributed by atoms with Crippen LogP contribution in [0.1, 0.15) is 175 Å². The zero-order chi connectivity index (χ0) is 102. The molecular weight excluding hydrogens is 1930 g/mol. The molecule has 0 radical (unpaired) electrons. The Morgan fingerprint density at radius 1 is 0.667 bits per heavy atom. The first-order chi connectivity index (χ1) is 64.9. The van der Waals surface area contributed by atoms with E-state index in [1.54, 1.807) is 33.0 Å². The van der Waals surface area contributed by atoms with E-state index in [1.165, 1.54) is 32.4 Å². The van der Waals surface area contributed by atoms with Crippen LogP contribution in [-0.4, -0.2) is 271 Å². The fraction of sp³-hybridized carbons (Fsp3) is 0.541. The summed E-state index contributed by atoms with van der Waals surface area (Å²) < 4.78 is 85.8. The van der Waals surface area contributed by atoms with Crippen molar-refractivity contribution in [1.29, 1.82) is 0 Å². The summed E-state index contributed by atoms with van der Waals surface area (Å²) >= 11 is 14.4. The van der Waals surface area contributed by atoms with Crippen molar-refractivity contribution < 1.29 is 175 Å². The third-order valence-electron chi connectivity index (χ3n) is 23.7. The first kappa shape index (κ1) is 110. The Kier molecular flexibility index (Phi) is 38.2. The van der Waals surface area contributed by atoms with E-state index in [0.717, 1.165) is 99.3 Å². The second-order valence-electron chi connectivity index (χ2n) is 34.5. The second-order valence-corrected chi connectivity index (χ2v) is 41.0. The average molecular weight is 2050 g/mol. The Labute approximate surface area is 799 Å². The van der Waals surface area contributed by atoms with E-state index in [9.17, 15) is 113 Å². The molecule has 0 unspecified atom stereocenters. The van der Waals surface area contributed by atoms with E-state index in [4.69, 9.17) is 66.8 Å². The minimum Gasteiger partial charge on any atom is -0.507 e. The number of phenolic OH excluding ortho intramolecular Hbond substituents is 3. The van der Waals surface area contributed by atoms with E-state index in [-0.39, 0.29) is 24.3 Å². The van der Waals surface area contributed by atoms with Crippen molar-refractivity contribution in [3.05, 3.63) is 116 Å². The van der Waals surface area contributed by atoms with Gasteiger partial charge in [-0.15, -0.1) is 0 Å². The molecule has 5 aromatic carbocycles. The number of fused-ring (bicyclic) bond motifs is 15. The zero-order valence-corrected chi connectivity index (χ0v) is 79.7. The molecule has 12 rings (SSSR count). The van der Waals surface area contributed by atoms with E-state index < -0.39 is 331 Å². The summed E-state index contributed by atoms with van der Waals surface area (Å²) in [4.78, 5) is 193. The molecule has 7 aliphatic rings. The number of carbonyl (C=O) groups excluding carboxylic acids is 9. The molecule has 2 fully saturated rings. The Hall–Kier alpha value is -9.60. The molecule has 7 heterocycles. The van der Waals surface area contributed by atoms with Crippen molar-refractivity contribution in [3.63, 3.8) is 0 Å². The number of alkyl carbamates (subject to hydrolysis) is 1. The number of primary amides is 1. The summed E-state index contributed by atoms with van der Waals surface area (Å²) in [5.41, 5.74) is -0.461. The molecule has 0 saturated carbocycles. The molecule has 48 nitrogen and oxygen atoms in total. The van der Waals surface area contributed by atoms with Gasteiger partial charge in [0.05, 0.1) is 53.2 Å². The van der Waals surface area contributed by atoms with Gasteiger partial charge in [0.25, 0.3) is 5.08 Å². The molecule has 11 bridgehead atoms. The molecule has 53 heteroatoms. The first-order valence-corrected chi connectivity index (χ1v) is 49.8. The van der Waals surface area contributed by atoms with Crippen LogP contribution in [0.2, 0.25) is 10.0 Å². The van der Waals surface area contributed by atoms with Gasteiger partial charge in [-0.3, -0.25) is 47.3 Å². The number of aliphatic hydroxyl groups is 7. The maximum Gasteiger partial charge on any atom is 0.410 e. The van der Waals surface area contributed by atoms with Gasteiger partial charge in [-0.25, -0.2) is 9.59 Å². The van der Waals surface area contributed by atoms with Gasteiger partial charge in [0.15, 0.2) is 29.9 Å². The molecule has 0 aromatic heterocycles. The number of ether oxygens (including phenoxy) is 8. The van der Waals surface area contributed by atoms with Gasteiger partial charge in [0.1, 0.15) is 89.5 Å². The normalized spacial score (nSPS) is 25.2. The largest absolute Gasteiger partial charge is 0.507 e. The van der Waals surface area contributed by atoms with Gasteiger partial charge in [0, 0.05) is 61.2 Å². The van der Waals surface area contributed by atoms with E-state index in [0.29, 0.717) is 19.2 Å². The standard InChI is InChI=1S/C85H117Cl2N12O36P3/c1-7-8-9-10-11-12-13-14-22-90-24-25-93-84(5)34-60(130-40(4)74(84)109)134-73-71(108)70(107)58(36-100)133-82(73)135-72-56-30-44-31-57(72)132-55-20-17-43(29-49(55)87)68(105)66-80(115)97-64(81(116)128-38-129-83(117)92-23-21-85(118,137(122,123)124)138(125,126)127)46-32-53(102)47(35-91-37-136(119,120)121)69(106)61(46)45-27-41(15-18-52(45)101)62(77(112)99-66)96-78(113)63(44)95-76(111)51(33-59(88)103)94-79(114)65(98-75(110)50(89-6)26-39(2)3)67(104)42-16-19-54(131-56)48(86)28-42/h15-20,27-32,39-40,50-51,58,60,62-68,70-71,73-74,82,89-91,93,100-102,104-109,118H,7-14,21-26,33-38H2,1-6H3,(H2,88,103)(H,92,117)(H,94,114)(H,95,111)(H,96,113)(H,97,115)(H,98,110)(H,99,112)(H2,119,120,121)(H2,122,123,124)(H2,125,126,127)/t40-,50+,51-,58+,60-,62+,63+,64-,65+,66-,67+,68+,70+,71-,73+,74+,82-,84-/m0/s1. The molecular formula is C85H117Cl2N12O36P3. The van der Waals surface area contributed by atoms with Gasteiger partial charge >= 0.3 is 34.8 Å². The number of hydrogen-bond donors (Lipinski definition) is 28. The van der Waals surface area contributed by atoms with Crippen LogP contribution in [0, 0.1) is 5.92 Å². The van der Waals surface area contributed by atoms with Crippen LogP contribution in [0.25, 0.3) is 11.1 Å². The number of halogens is 2. The molecule has 7 aliphatic heterocycles. The van der Waals surface area contributed by atoms with Crippen molar-refractivity contribution in [2.45, 2.75) is 233 Å². The van der Waals surface area contributed by atoms with Gasteiger partial charge < -0.3 is 183 Å². The minimum atomic E-state index is -6.08. The fourth-order valence-corrected chi connectivity index (χ4v) is 19.2. The number of rotatable bonds is 37. The number of unbranched alkanes of at least 4 members (excludes halogenated alkanes) is 7. The van der Waals surface area contributed by atoms with Gasteiger partial charge in [-0.1, -0.05) is 107 Å². The number of likely N-dealkylation sites (N-methyl/N-ethyl adjacent to an activating group) is 1. The van der Waals surface area contributed by atoms with Gasteiger partial charge in [-0.2, -0.15) is 0 Å². The lowest BCUT2D eigenvalue weighted by Gasteiger charge is -2.48. The number of carbonyl (C=O) groups is 9. The Bertz CT molecular complexity index is 5370. The Balaban J connectivity index is 1.16. The summed E-state index contributed by atoms with van der Waals surface area (Å²) in [6.07, 6.45) is -15.0. The number of hydrogen-bond acceptors (Lipinski definition) is 34. The first-order valence-electron chi connectivity index (χ1n) is 44.0. The lowest BCUT2D eigenvalue weighted by Crippen LogP contribution is -2.65. The van der Waals surface area contributed by atoms with Gasteiger partial charge in [0.2, 0.25) is 60.2 Å². The SMILES string of the molecule is CCCCCCCCCCNCCN[C@@]1(C)C[C@H](O[C@H]2[C@H](Oc3c4cc5cc3Oc3ccc(cc3Cl)[C@@H](O)[C@@H](NC(=O)[C@@H](CC(C)C)NC)C(=O)N[C@@H](CC(N)=O)C(=O)N[C@H]5C(=O)N[C@H]3C(=O)N[C@H](C(=O)N[C@H](C(=O)OCOC(=O)NCCC(O)(P(=O)(O)O)P(=O)(O)O)c5cc(O)c(CNCP(=O)(O)O)c(O)c5-c5cc3ccc5O)[C@H](O)c3ccc(c(Cl)c3)O4)O[C@H](CO)[C@@H](O)[C@@H]2O)O[C@@H](C)[C@H]1O. The zero-order valence-electron chi connectivity index (χ0n) is 75.5. The van der Waals surface area contributed by atoms with Crippen molar-refractivity contribution in [1.82, 2.24) is 58.5 Å². The van der Waals surface area contributed by atoms with Crippen molar-refractivity contribution >= 4 is 99.4 Å². The van der Waals surface area contributed by atoms with Crippen molar-refractivity contribution in [3.8, 4) is 57.1 Å². The predicted octanol–water partition coefficient (Wildman–Crippen LogP) is 1.23. The lowest BCUT2D eigenvalue weighted by molar-refractivity contribution is -0.334. The third-order valence-corrected chi connectivity index (χ3v) is 28.8. The number of phenols is 3. The van der Waals surface area contributed by atoms with Crippen LogP contribution in [0.5, 0.6) is 46.0 Å². The molecule has 2 saturated heterocycles. The number of nitrogens with two attached hydrogens (primary N) is 1. The predicted molar refractivity (Wildman–Crippen MR) is 484 cm³/mol. The van der Waals surface area contributed by atoms with Crippen LogP contribution in [0.4, 0.5) is 4.79 Å². The van der Waals surface area contributed by atoms with E-state index in [1.807, 2.05) is 0 Å². The molecule has 0 aliphatic carbocycles. The summed E-state index contributed by atoms with van der Waals surface area (Å²) in [5.74, 6) is -18.4. The fourth-order valence-electron chi connectivity index (χ4n) is 16.2.